The molecule has 3 aromatic carbocycles. The molecule has 140 valence electrons. The summed E-state index contributed by atoms with van der Waals surface area (Å²) in [6.07, 6.45) is 0. The molecule has 0 bridgehead atoms. The standard InChI is InChI=1S/C20H15ClN4O3/c21-17-7-3-1-5-15(17)20(27)28-25-14-11-9-13(10-12-14)23-24-19(26)16-6-2-4-8-18(16)22/h1-12,25H,22H2. The van der Waals surface area contributed by atoms with Crippen LogP contribution in [0.5, 0.6) is 0 Å². The van der Waals surface area contributed by atoms with Crippen LogP contribution in [0.2, 0.25) is 5.02 Å². The van der Waals surface area contributed by atoms with Gasteiger partial charge in [-0.15, -0.1) is 10.2 Å². The number of benzene rings is 3. The average Bonchev–Trinajstić information content (AvgIpc) is 2.71. The summed E-state index contributed by atoms with van der Waals surface area (Å²) in [5, 5.41) is 7.85. The number of amides is 1. The predicted molar refractivity (Wildman–Crippen MR) is 107 cm³/mol. The molecular weight excluding hydrogens is 380 g/mol. The lowest BCUT2D eigenvalue weighted by Gasteiger charge is -2.07. The number of carbonyl (C=O) groups excluding carboxylic acids is 2. The van der Waals surface area contributed by atoms with Crippen molar-refractivity contribution in [3.05, 3.63) is 88.9 Å². The highest BCUT2D eigenvalue weighted by Gasteiger charge is 2.11. The van der Waals surface area contributed by atoms with Gasteiger partial charge in [0.05, 0.1) is 27.5 Å². The fraction of sp³-hybridized carbons (Fsp3) is 0. The van der Waals surface area contributed by atoms with Crippen LogP contribution in [0, 0.1) is 0 Å². The maximum atomic E-state index is 12.0. The van der Waals surface area contributed by atoms with Crippen molar-refractivity contribution in [2.45, 2.75) is 0 Å². The van der Waals surface area contributed by atoms with E-state index in [1.54, 1.807) is 72.8 Å². The Morgan fingerprint density at radius 2 is 1.54 bits per heavy atom. The molecule has 7 nitrogen and oxygen atoms in total. The summed E-state index contributed by atoms with van der Waals surface area (Å²) in [4.78, 5) is 29.0. The van der Waals surface area contributed by atoms with E-state index in [4.69, 9.17) is 22.2 Å². The molecule has 0 aliphatic rings. The van der Waals surface area contributed by atoms with Crippen molar-refractivity contribution >= 4 is 40.5 Å². The number of nitrogens with zero attached hydrogens (tertiary/aromatic N) is 2. The molecule has 1 amide bonds. The summed E-state index contributed by atoms with van der Waals surface area (Å²) in [7, 11) is 0. The summed E-state index contributed by atoms with van der Waals surface area (Å²) >= 11 is 5.95. The Balaban J connectivity index is 1.59. The SMILES string of the molecule is Nc1ccccc1C(=O)N=Nc1ccc(NOC(=O)c2ccccc2Cl)cc1. The monoisotopic (exact) mass is 394 g/mol. The van der Waals surface area contributed by atoms with Gasteiger partial charge in [-0.3, -0.25) is 4.79 Å². The van der Waals surface area contributed by atoms with E-state index >= 15 is 0 Å². The van der Waals surface area contributed by atoms with Crippen molar-refractivity contribution in [2.24, 2.45) is 10.2 Å². The van der Waals surface area contributed by atoms with Gasteiger partial charge in [0, 0.05) is 5.69 Å². The van der Waals surface area contributed by atoms with Crippen molar-refractivity contribution in [1.29, 1.82) is 0 Å². The Morgan fingerprint density at radius 3 is 2.21 bits per heavy atom. The Hall–Kier alpha value is -3.71. The number of nitrogens with two attached hydrogens (primary N) is 1. The Morgan fingerprint density at radius 1 is 0.893 bits per heavy atom. The molecule has 0 heterocycles. The zero-order valence-corrected chi connectivity index (χ0v) is 15.3. The third-order valence-corrected chi connectivity index (χ3v) is 4.00. The number of hydrogen-bond donors (Lipinski definition) is 2. The van der Waals surface area contributed by atoms with Gasteiger partial charge in [0.25, 0.3) is 5.91 Å². The maximum absolute atomic E-state index is 12.0. The van der Waals surface area contributed by atoms with Gasteiger partial charge < -0.3 is 10.6 Å². The number of para-hydroxylation sites is 1. The normalized spacial score (nSPS) is 10.6. The van der Waals surface area contributed by atoms with Gasteiger partial charge in [-0.05, 0) is 48.5 Å². The van der Waals surface area contributed by atoms with Gasteiger partial charge in [-0.2, -0.15) is 0 Å². The quantitative estimate of drug-likeness (QED) is 0.358. The van der Waals surface area contributed by atoms with E-state index in [1.807, 2.05) is 0 Å². The molecule has 0 aliphatic heterocycles. The number of nitrogens with one attached hydrogen (secondary N) is 1. The number of halogens is 1. The fourth-order valence-corrected chi connectivity index (χ4v) is 2.44. The first-order valence-corrected chi connectivity index (χ1v) is 8.55. The minimum atomic E-state index is -0.611. The second-order valence-electron chi connectivity index (χ2n) is 5.61. The molecule has 0 radical (unpaired) electrons. The zero-order valence-electron chi connectivity index (χ0n) is 14.5. The Bertz CT molecular complexity index is 1040. The van der Waals surface area contributed by atoms with Crippen LogP contribution in [-0.2, 0) is 4.84 Å². The first-order valence-electron chi connectivity index (χ1n) is 8.17. The molecule has 3 aromatic rings. The van der Waals surface area contributed by atoms with E-state index < -0.39 is 11.9 Å². The molecule has 0 aliphatic carbocycles. The zero-order chi connectivity index (χ0) is 19.9. The van der Waals surface area contributed by atoms with Crippen LogP contribution < -0.4 is 11.2 Å². The van der Waals surface area contributed by atoms with Crippen LogP contribution in [0.4, 0.5) is 17.1 Å². The van der Waals surface area contributed by atoms with Crippen molar-refractivity contribution in [3.63, 3.8) is 0 Å². The van der Waals surface area contributed by atoms with Gasteiger partial charge >= 0.3 is 5.97 Å². The highest BCUT2D eigenvalue weighted by atomic mass is 35.5. The lowest BCUT2D eigenvalue weighted by molar-refractivity contribution is 0.0596. The van der Waals surface area contributed by atoms with E-state index in [-0.39, 0.29) is 11.1 Å². The van der Waals surface area contributed by atoms with Crippen LogP contribution in [0.15, 0.2) is 83.0 Å². The minimum Gasteiger partial charge on any atom is -0.398 e. The molecule has 3 rings (SSSR count). The largest absolute Gasteiger partial charge is 0.398 e. The average molecular weight is 395 g/mol. The lowest BCUT2D eigenvalue weighted by atomic mass is 10.2. The van der Waals surface area contributed by atoms with E-state index in [0.717, 1.165) is 0 Å². The molecule has 0 saturated heterocycles. The van der Waals surface area contributed by atoms with Crippen molar-refractivity contribution in [1.82, 2.24) is 0 Å². The van der Waals surface area contributed by atoms with Crippen LogP contribution in [0.25, 0.3) is 0 Å². The number of anilines is 2. The number of nitrogen functional groups attached to an aromatic ring is 1. The third kappa shape index (κ3) is 4.72. The summed E-state index contributed by atoms with van der Waals surface area (Å²) in [5.41, 5.74) is 10.1. The molecule has 0 spiro atoms. The highest BCUT2D eigenvalue weighted by molar-refractivity contribution is 6.33. The van der Waals surface area contributed by atoms with E-state index in [2.05, 4.69) is 15.7 Å². The summed E-state index contributed by atoms with van der Waals surface area (Å²) in [6.45, 7) is 0. The molecule has 28 heavy (non-hydrogen) atoms. The molecule has 3 N–H and O–H groups in total. The fourth-order valence-electron chi connectivity index (χ4n) is 2.23. The van der Waals surface area contributed by atoms with Crippen molar-refractivity contribution in [2.75, 3.05) is 11.2 Å². The molecule has 0 aromatic heterocycles. The minimum absolute atomic E-state index is 0.251. The smallest absolute Gasteiger partial charge is 0.364 e. The number of rotatable bonds is 5. The Kier molecular flexibility index (Phi) is 5.98. The summed E-state index contributed by atoms with van der Waals surface area (Å²) in [5.74, 6) is -1.14. The van der Waals surface area contributed by atoms with E-state index in [0.29, 0.717) is 22.1 Å². The molecule has 0 saturated carbocycles. The lowest BCUT2D eigenvalue weighted by Crippen LogP contribution is -2.11. The molecular formula is C20H15ClN4O3. The second-order valence-corrected chi connectivity index (χ2v) is 6.02. The molecule has 0 atom stereocenters. The molecule has 0 unspecified atom stereocenters. The number of carbonyl (C=O) groups is 2. The van der Waals surface area contributed by atoms with E-state index in [9.17, 15) is 9.59 Å². The van der Waals surface area contributed by atoms with Crippen molar-refractivity contribution in [3.8, 4) is 0 Å². The first kappa shape index (κ1) is 19.1. The van der Waals surface area contributed by atoms with Crippen LogP contribution in [0.3, 0.4) is 0 Å². The highest BCUT2D eigenvalue weighted by Crippen LogP contribution is 2.20. The van der Waals surface area contributed by atoms with Crippen LogP contribution in [0.1, 0.15) is 20.7 Å². The second kappa shape index (κ2) is 8.79. The van der Waals surface area contributed by atoms with Crippen molar-refractivity contribution < 1.29 is 14.4 Å². The molecule has 8 heteroatoms. The van der Waals surface area contributed by atoms with Gasteiger partial charge in [0.15, 0.2) is 0 Å². The maximum Gasteiger partial charge on any atom is 0.364 e. The van der Waals surface area contributed by atoms with Crippen LogP contribution in [-0.4, -0.2) is 11.9 Å². The van der Waals surface area contributed by atoms with Gasteiger partial charge in [0.1, 0.15) is 0 Å². The van der Waals surface area contributed by atoms with E-state index in [1.165, 1.54) is 0 Å². The van der Waals surface area contributed by atoms with Crippen LogP contribution >= 0.6 is 11.6 Å². The van der Waals surface area contributed by atoms with Gasteiger partial charge in [-0.25, -0.2) is 10.3 Å². The number of azo groups is 1. The Labute approximate surface area is 165 Å². The predicted octanol–water partition coefficient (Wildman–Crippen LogP) is 5.03. The number of hydrogen-bond acceptors (Lipinski definition) is 6. The van der Waals surface area contributed by atoms with Gasteiger partial charge in [0.2, 0.25) is 0 Å². The summed E-state index contributed by atoms with van der Waals surface area (Å²) in [6, 6.07) is 19.7. The topological polar surface area (TPSA) is 106 Å². The third-order valence-electron chi connectivity index (χ3n) is 3.67. The molecule has 0 fully saturated rings. The summed E-state index contributed by atoms with van der Waals surface area (Å²) < 4.78 is 0. The first-order chi connectivity index (χ1) is 13.5. The van der Waals surface area contributed by atoms with Gasteiger partial charge in [-0.1, -0.05) is 35.9 Å².